The molecule has 0 saturated carbocycles. The summed E-state index contributed by atoms with van der Waals surface area (Å²) in [6.45, 7) is 10.4. The van der Waals surface area contributed by atoms with Crippen LogP contribution in [-0.4, -0.2) is 88.7 Å². The molecule has 2 fully saturated rings. The third-order valence-electron chi connectivity index (χ3n) is 6.29. The van der Waals surface area contributed by atoms with Crippen LogP contribution in [0.2, 0.25) is 0 Å². The van der Waals surface area contributed by atoms with Crippen molar-refractivity contribution in [3.63, 3.8) is 0 Å². The van der Waals surface area contributed by atoms with Gasteiger partial charge in [-0.15, -0.1) is 0 Å². The van der Waals surface area contributed by atoms with E-state index in [1.54, 1.807) is 41.5 Å². The maximum absolute atomic E-state index is 12.6. The number of rotatable bonds is 6. The van der Waals surface area contributed by atoms with Crippen molar-refractivity contribution in [2.24, 2.45) is 0 Å². The first-order chi connectivity index (χ1) is 19.1. The second-order valence-electron chi connectivity index (χ2n) is 12.0. The minimum Gasteiger partial charge on any atom is -0.456 e. The van der Waals surface area contributed by atoms with Crippen LogP contribution in [0.1, 0.15) is 87.9 Å². The Morgan fingerprint density at radius 3 is 1.61 bits per heavy atom. The molecule has 12 nitrogen and oxygen atoms in total. The van der Waals surface area contributed by atoms with Crippen LogP contribution in [0.15, 0.2) is 24.3 Å². The number of nitrogens with zero attached hydrogens (tertiary/aromatic N) is 2. The Kier molecular flexibility index (Phi) is 9.77. The predicted molar refractivity (Wildman–Crippen MR) is 144 cm³/mol. The normalized spacial score (nSPS) is 19.0. The van der Waals surface area contributed by atoms with E-state index in [-0.39, 0.29) is 11.1 Å². The first kappa shape index (κ1) is 31.6. The zero-order valence-electron chi connectivity index (χ0n) is 24.4. The molecule has 2 saturated heterocycles. The lowest BCUT2D eigenvalue weighted by Crippen LogP contribution is -2.44. The number of hydrogen-bond donors (Lipinski definition) is 0. The average Bonchev–Trinajstić information content (AvgIpc) is 3.55. The Bertz CT molecular complexity index is 1180. The van der Waals surface area contributed by atoms with E-state index in [4.69, 9.17) is 18.9 Å². The van der Waals surface area contributed by atoms with Crippen molar-refractivity contribution >= 4 is 35.9 Å². The van der Waals surface area contributed by atoms with E-state index < -0.39 is 65.8 Å². The fourth-order valence-electron chi connectivity index (χ4n) is 4.43. The molecular weight excluding hydrogens is 536 g/mol. The molecule has 0 aliphatic carbocycles. The molecule has 2 aliphatic heterocycles. The van der Waals surface area contributed by atoms with Gasteiger partial charge in [0, 0.05) is 18.7 Å². The van der Waals surface area contributed by atoms with Gasteiger partial charge < -0.3 is 18.9 Å². The van der Waals surface area contributed by atoms with Crippen LogP contribution in [-0.2, 0) is 28.5 Å². The molecule has 3 rings (SSSR count). The monoisotopic (exact) mass is 574 g/mol. The molecule has 41 heavy (non-hydrogen) atoms. The van der Waals surface area contributed by atoms with Crippen molar-refractivity contribution in [2.45, 2.75) is 90.5 Å². The summed E-state index contributed by atoms with van der Waals surface area (Å²) in [6.07, 6.45) is 0.640. The summed E-state index contributed by atoms with van der Waals surface area (Å²) in [4.78, 5) is 77.8. The van der Waals surface area contributed by atoms with Crippen molar-refractivity contribution in [3.8, 4) is 0 Å². The quantitative estimate of drug-likeness (QED) is 0.212. The van der Waals surface area contributed by atoms with Crippen LogP contribution in [0.4, 0.5) is 9.59 Å². The van der Waals surface area contributed by atoms with Crippen molar-refractivity contribution in [1.82, 2.24) is 9.80 Å². The Labute approximate surface area is 239 Å². The molecule has 2 aliphatic rings. The maximum Gasteiger partial charge on any atom is 0.411 e. The number of carbonyl (C=O) groups is 6. The van der Waals surface area contributed by atoms with E-state index in [0.29, 0.717) is 38.8 Å². The molecule has 1 aromatic carbocycles. The molecule has 0 spiro atoms. The SMILES string of the molecule is CC(C)(C)OC(=O)N1CCCC1C(=O)OCC(=O)c1ccc(C(=O)OC(=O)C2CCCN2C(=O)OC(C)(C)C)cc1. The number of benzene rings is 1. The molecule has 1 aromatic rings. The molecule has 2 unspecified atom stereocenters. The van der Waals surface area contributed by atoms with Crippen molar-refractivity contribution < 1.29 is 47.7 Å². The molecule has 0 radical (unpaired) electrons. The highest BCUT2D eigenvalue weighted by atomic mass is 16.6. The van der Waals surface area contributed by atoms with E-state index in [1.807, 2.05) is 0 Å². The van der Waals surface area contributed by atoms with Crippen LogP contribution in [0.5, 0.6) is 0 Å². The summed E-state index contributed by atoms with van der Waals surface area (Å²) < 4.78 is 20.9. The molecular formula is C29H38N2O10. The third-order valence-corrected chi connectivity index (χ3v) is 6.29. The van der Waals surface area contributed by atoms with Crippen molar-refractivity contribution in [3.05, 3.63) is 35.4 Å². The lowest BCUT2D eigenvalue weighted by atomic mass is 10.1. The Morgan fingerprint density at radius 1 is 0.707 bits per heavy atom. The Hall–Kier alpha value is -3.96. The zero-order chi connectivity index (χ0) is 30.5. The van der Waals surface area contributed by atoms with Crippen LogP contribution < -0.4 is 0 Å². The molecule has 0 bridgehead atoms. The largest absolute Gasteiger partial charge is 0.456 e. The number of carbonyl (C=O) groups excluding carboxylic acids is 6. The third kappa shape index (κ3) is 8.76. The first-order valence-electron chi connectivity index (χ1n) is 13.6. The molecule has 0 N–H and O–H groups in total. The van der Waals surface area contributed by atoms with Crippen LogP contribution in [0.3, 0.4) is 0 Å². The van der Waals surface area contributed by atoms with Crippen LogP contribution >= 0.6 is 0 Å². The zero-order valence-corrected chi connectivity index (χ0v) is 24.4. The number of Topliss-reactive ketones (excluding diaryl/α,β-unsaturated/α-hetero) is 1. The number of amides is 2. The highest BCUT2D eigenvalue weighted by Gasteiger charge is 2.39. The first-order valence-corrected chi connectivity index (χ1v) is 13.6. The van der Waals surface area contributed by atoms with Crippen LogP contribution in [0.25, 0.3) is 0 Å². The van der Waals surface area contributed by atoms with E-state index >= 15 is 0 Å². The minimum atomic E-state index is -0.935. The topological polar surface area (TPSA) is 146 Å². The summed E-state index contributed by atoms with van der Waals surface area (Å²) in [5.74, 6) is -3.01. The Balaban J connectivity index is 1.52. The van der Waals surface area contributed by atoms with Crippen molar-refractivity contribution in [1.29, 1.82) is 0 Å². The van der Waals surface area contributed by atoms with Crippen molar-refractivity contribution in [2.75, 3.05) is 19.7 Å². The summed E-state index contributed by atoms with van der Waals surface area (Å²) in [5, 5.41) is 0. The van der Waals surface area contributed by atoms with Gasteiger partial charge in [-0.2, -0.15) is 0 Å². The van der Waals surface area contributed by atoms with Gasteiger partial charge in [0.1, 0.15) is 23.3 Å². The number of ether oxygens (including phenoxy) is 4. The molecule has 2 atom stereocenters. The van der Waals surface area contributed by atoms with Gasteiger partial charge >= 0.3 is 30.1 Å². The molecule has 2 heterocycles. The van der Waals surface area contributed by atoms with Gasteiger partial charge in [-0.25, -0.2) is 24.0 Å². The van der Waals surface area contributed by atoms with Gasteiger partial charge in [0.15, 0.2) is 12.4 Å². The predicted octanol–water partition coefficient (Wildman–Crippen LogP) is 3.89. The molecule has 0 aromatic heterocycles. The Morgan fingerprint density at radius 2 is 1.15 bits per heavy atom. The van der Waals surface area contributed by atoms with Gasteiger partial charge in [0.2, 0.25) is 0 Å². The fraction of sp³-hybridized carbons (Fsp3) is 0.586. The number of hydrogen-bond acceptors (Lipinski definition) is 10. The lowest BCUT2D eigenvalue weighted by molar-refractivity contribution is -0.147. The summed E-state index contributed by atoms with van der Waals surface area (Å²) >= 11 is 0. The molecule has 224 valence electrons. The summed E-state index contributed by atoms with van der Waals surface area (Å²) in [6, 6.07) is 3.55. The van der Waals surface area contributed by atoms with Crippen LogP contribution in [0, 0.1) is 0 Å². The van der Waals surface area contributed by atoms with E-state index in [1.165, 1.54) is 34.1 Å². The standard InChI is InChI=1S/C29H38N2O10/c1-28(2,3)40-26(36)30-15-7-9-20(30)24(34)38-17-22(32)18-11-13-19(14-12-18)23(33)39-25(35)21-10-8-16-31(21)27(37)41-29(4,5)6/h11-14,20-21H,7-10,15-17H2,1-6H3. The van der Waals surface area contributed by atoms with Gasteiger partial charge in [-0.3, -0.25) is 14.6 Å². The highest BCUT2D eigenvalue weighted by molar-refractivity contribution is 6.01. The fourth-order valence-corrected chi connectivity index (χ4v) is 4.43. The summed E-state index contributed by atoms with van der Waals surface area (Å²) in [7, 11) is 0. The number of likely N-dealkylation sites (tertiary alicyclic amines) is 2. The summed E-state index contributed by atoms with van der Waals surface area (Å²) in [5.41, 5.74) is -1.26. The molecule has 12 heteroatoms. The highest BCUT2D eigenvalue weighted by Crippen LogP contribution is 2.23. The van der Waals surface area contributed by atoms with Gasteiger partial charge in [0.05, 0.1) is 5.56 Å². The van der Waals surface area contributed by atoms with E-state index in [9.17, 15) is 28.8 Å². The number of esters is 3. The van der Waals surface area contributed by atoms with E-state index in [0.717, 1.165) is 0 Å². The van der Waals surface area contributed by atoms with E-state index in [2.05, 4.69) is 0 Å². The minimum absolute atomic E-state index is 0.0210. The maximum atomic E-state index is 12.6. The lowest BCUT2D eigenvalue weighted by Gasteiger charge is -2.27. The smallest absolute Gasteiger partial charge is 0.411 e. The molecule has 2 amide bonds. The number of ketones is 1. The van der Waals surface area contributed by atoms with Gasteiger partial charge in [0.25, 0.3) is 0 Å². The van der Waals surface area contributed by atoms with Gasteiger partial charge in [-0.1, -0.05) is 12.1 Å². The second-order valence-corrected chi connectivity index (χ2v) is 12.0. The van der Waals surface area contributed by atoms with Gasteiger partial charge in [-0.05, 0) is 79.4 Å². The average molecular weight is 575 g/mol. The second kappa shape index (κ2) is 12.7.